The average molecular weight is 151 g/mol. The standard InChI is InChI=1S/C6H9N5/c1-2-5(3-7)11-9-4-6(8)10-11/h4-5H,2H2,1H3,(H2,8,10). The van der Waals surface area contributed by atoms with Crippen molar-refractivity contribution in [1.82, 2.24) is 15.0 Å². The van der Waals surface area contributed by atoms with Crippen LogP contribution in [-0.4, -0.2) is 15.0 Å². The Bertz CT molecular complexity index is 271. The topological polar surface area (TPSA) is 80.5 Å². The fraction of sp³-hybridized carbons (Fsp3) is 0.500. The first kappa shape index (κ1) is 7.54. The Kier molecular flexibility index (Phi) is 2.06. The van der Waals surface area contributed by atoms with E-state index in [2.05, 4.69) is 16.3 Å². The predicted molar refractivity (Wildman–Crippen MR) is 39.4 cm³/mol. The minimum absolute atomic E-state index is 0.299. The van der Waals surface area contributed by atoms with E-state index in [1.165, 1.54) is 11.0 Å². The molecule has 0 aliphatic carbocycles. The van der Waals surface area contributed by atoms with Crippen molar-refractivity contribution in [2.45, 2.75) is 19.4 Å². The van der Waals surface area contributed by atoms with Gasteiger partial charge >= 0.3 is 0 Å². The van der Waals surface area contributed by atoms with Crippen molar-refractivity contribution >= 4 is 5.82 Å². The van der Waals surface area contributed by atoms with Crippen LogP contribution in [0.5, 0.6) is 0 Å². The number of hydrogen-bond acceptors (Lipinski definition) is 4. The molecule has 1 atom stereocenters. The van der Waals surface area contributed by atoms with Gasteiger partial charge in [-0.15, -0.1) is 5.10 Å². The lowest BCUT2D eigenvalue weighted by molar-refractivity contribution is 0.472. The van der Waals surface area contributed by atoms with Crippen molar-refractivity contribution in [3.63, 3.8) is 0 Å². The molecule has 1 rings (SSSR count). The van der Waals surface area contributed by atoms with Crippen LogP contribution in [0.1, 0.15) is 19.4 Å². The van der Waals surface area contributed by atoms with Crippen LogP contribution in [0, 0.1) is 11.3 Å². The maximum absolute atomic E-state index is 8.60. The summed E-state index contributed by atoms with van der Waals surface area (Å²) in [4.78, 5) is 1.33. The first-order valence-electron chi connectivity index (χ1n) is 3.34. The highest BCUT2D eigenvalue weighted by Crippen LogP contribution is 2.06. The second-order valence-electron chi connectivity index (χ2n) is 2.14. The van der Waals surface area contributed by atoms with Crippen molar-refractivity contribution < 1.29 is 0 Å². The van der Waals surface area contributed by atoms with Crippen molar-refractivity contribution in [2.75, 3.05) is 5.73 Å². The number of anilines is 1. The number of rotatable bonds is 2. The van der Waals surface area contributed by atoms with Crippen molar-refractivity contribution in [2.24, 2.45) is 0 Å². The predicted octanol–water partition coefficient (Wildman–Crippen LogP) is 0.335. The van der Waals surface area contributed by atoms with Gasteiger partial charge in [0.05, 0.1) is 12.3 Å². The van der Waals surface area contributed by atoms with E-state index in [1.54, 1.807) is 0 Å². The van der Waals surface area contributed by atoms with E-state index in [9.17, 15) is 0 Å². The van der Waals surface area contributed by atoms with Gasteiger partial charge in [0.25, 0.3) is 0 Å². The zero-order valence-electron chi connectivity index (χ0n) is 6.23. The van der Waals surface area contributed by atoms with Gasteiger partial charge in [-0.1, -0.05) is 6.92 Å². The molecular weight excluding hydrogens is 142 g/mol. The molecule has 1 unspecified atom stereocenters. The fourth-order valence-corrected chi connectivity index (χ4v) is 0.745. The summed E-state index contributed by atoms with van der Waals surface area (Å²) in [6.45, 7) is 1.90. The number of aromatic nitrogens is 3. The summed E-state index contributed by atoms with van der Waals surface area (Å²) < 4.78 is 0. The summed E-state index contributed by atoms with van der Waals surface area (Å²) in [7, 11) is 0. The summed E-state index contributed by atoms with van der Waals surface area (Å²) in [6, 6.07) is 1.76. The molecule has 0 saturated heterocycles. The van der Waals surface area contributed by atoms with Gasteiger partial charge in [0.1, 0.15) is 0 Å². The van der Waals surface area contributed by atoms with Gasteiger partial charge in [0.15, 0.2) is 11.9 Å². The number of nitrogens with two attached hydrogens (primary N) is 1. The normalized spacial score (nSPS) is 12.4. The van der Waals surface area contributed by atoms with E-state index in [0.29, 0.717) is 12.2 Å². The van der Waals surface area contributed by atoms with E-state index in [0.717, 1.165) is 0 Å². The van der Waals surface area contributed by atoms with Crippen LogP contribution in [0.25, 0.3) is 0 Å². The van der Waals surface area contributed by atoms with Gasteiger partial charge in [0.2, 0.25) is 0 Å². The van der Waals surface area contributed by atoms with Crippen LogP contribution in [0.3, 0.4) is 0 Å². The lowest BCUT2D eigenvalue weighted by Crippen LogP contribution is -2.09. The molecule has 0 radical (unpaired) electrons. The van der Waals surface area contributed by atoms with Crippen LogP contribution in [0.2, 0.25) is 0 Å². The third-order valence-corrected chi connectivity index (χ3v) is 1.34. The second kappa shape index (κ2) is 3.01. The zero-order chi connectivity index (χ0) is 8.27. The lowest BCUT2D eigenvalue weighted by Gasteiger charge is -2.01. The quantitative estimate of drug-likeness (QED) is 0.660. The van der Waals surface area contributed by atoms with E-state index in [-0.39, 0.29) is 6.04 Å². The molecule has 0 spiro atoms. The van der Waals surface area contributed by atoms with Gasteiger partial charge in [-0.2, -0.15) is 15.2 Å². The summed E-state index contributed by atoms with van der Waals surface area (Å²) in [5.74, 6) is 0.346. The average Bonchev–Trinajstić information content (AvgIpc) is 2.39. The molecule has 0 bridgehead atoms. The SMILES string of the molecule is CCC(C#N)n1ncc(N)n1. The van der Waals surface area contributed by atoms with Crippen LogP contribution in [0.4, 0.5) is 5.82 Å². The zero-order valence-corrected chi connectivity index (χ0v) is 6.23. The van der Waals surface area contributed by atoms with E-state index >= 15 is 0 Å². The Morgan fingerprint density at radius 2 is 2.64 bits per heavy atom. The Morgan fingerprint density at radius 1 is 1.91 bits per heavy atom. The molecule has 1 aromatic rings. The van der Waals surface area contributed by atoms with Crippen LogP contribution in [-0.2, 0) is 0 Å². The third kappa shape index (κ3) is 1.46. The molecular formula is C6H9N5. The molecule has 1 aromatic heterocycles. The lowest BCUT2D eigenvalue weighted by atomic mass is 10.3. The van der Waals surface area contributed by atoms with E-state index in [1.807, 2.05) is 6.92 Å². The molecule has 0 aliphatic heterocycles. The molecule has 0 saturated carbocycles. The third-order valence-electron chi connectivity index (χ3n) is 1.34. The van der Waals surface area contributed by atoms with Gasteiger partial charge < -0.3 is 5.73 Å². The van der Waals surface area contributed by atoms with Crippen molar-refractivity contribution in [3.05, 3.63) is 6.20 Å². The van der Waals surface area contributed by atoms with Gasteiger partial charge in [-0.3, -0.25) is 0 Å². The largest absolute Gasteiger partial charge is 0.381 e. The Hall–Kier alpha value is -1.57. The molecule has 0 amide bonds. The van der Waals surface area contributed by atoms with Crippen LogP contribution in [0.15, 0.2) is 6.20 Å². The molecule has 5 nitrogen and oxygen atoms in total. The molecule has 0 aliphatic rings. The van der Waals surface area contributed by atoms with Crippen molar-refractivity contribution in [3.8, 4) is 6.07 Å². The van der Waals surface area contributed by atoms with Crippen LogP contribution < -0.4 is 5.73 Å². The Balaban J connectivity index is 2.84. The number of hydrogen-bond donors (Lipinski definition) is 1. The number of nitrogens with zero attached hydrogens (tertiary/aromatic N) is 4. The van der Waals surface area contributed by atoms with E-state index in [4.69, 9.17) is 11.0 Å². The Labute approximate surface area is 64.4 Å². The molecule has 11 heavy (non-hydrogen) atoms. The maximum atomic E-state index is 8.60. The minimum Gasteiger partial charge on any atom is -0.381 e. The molecule has 5 heteroatoms. The molecule has 58 valence electrons. The highest BCUT2D eigenvalue weighted by Gasteiger charge is 2.08. The highest BCUT2D eigenvalue weighted by molar-refractivity contribution is 5.19. The summed E-state index contributed by atoms with van der Waals surface area (Å²) >= 11 is 0. The van der Waals surface area contributed by atoms with Crippen LogP contribution >= 0.6 is 0 Å². The first-order chi connectivity index (χ1) is 5.27. The monoisotopic (exact) mass is 151 g/mol. The molecule has 0 aromatic carbocycles. The summed E-state index contributed by atoms with van der Waals surface area (Å²) in [6.07, 6.45) is 2.12. The molecule has 1 heterocycles. The highest BCUT2D eigenvalue weighted by atomic mass is 15.5. The second-order valence-corrected chi connectivity index (χ2v) is 2.14. The van der Waals surface area contributed by atoms with Crippen molar-refractivity contribution in [1.29, 1.82) is 5.26 Å². The minimum atomic E-state index is -0.299. The summed E-state index contributed by atoms with van der Waals surface area (Å²) in [5, 5.41) is 16.2. The number of nitrogen functional groups attached to an aromatic ring is 1. The molecule has 0 fully saturated rings. The number of nitriles is 1. The maximum Gasteiger partial charge on any atom is 0.166 e. The Morgan fingerprint density at radius 3 is 3.00 bits per heavy atom. The smallest absolute Gasteiger partial charge is 0.166 e. The van der Waals surface area contributed by atoms with Gasteiger partial charge in [0, 0.05) is 0 Å². The summed E-state index contributed by atoms with van der Waals surface area (Å²) in [5.41, 5.74) is 5.32. The van der Waals surface area contributed by atoms with Gasteiger partial charge in [-0.25, -0.2) is 0 Å². The van der Waals surface area contributed by atoms with E-state index < -0.39 is 0 Å². The molecule has 2 N–H and O–H groups in total. The van der Waals surface area contributed by atoms with Gasteiger partial charge in [-0.05, 0) is 6.42 Å². The first-order valence-corrected chi connectivity index (χ1v) is 3.34. The fourth-order valence-electron chi connectivity index (χ4n) is 0.745.